The Kier molecular flexibility index (Phi) is 3.12. The summed E-state index contributed by atoms with van der Waals surface area (Å²) in [7, 11) is 0. The molecule has 1 aromatic rings. The van der Waals surface area contributed by atoms with Gasteiger partial charge in [-0.15, -0.1) is 4.91 Å². The Balaban J connectivity index is 3.19. The van der Waals surface area contributed by atoms with E-state index in [1.807, 2.05) is 13.0 Å². The number of hydrogen-bond donors (Lipinski definition) is 0. The molecule has 0 saturated carbocycles. The van der Waals surface area contributed by atoms with E-state index < -0.39 is 0 Å². The molecule has 0 fully saturated rings. The van der Waals surface area contributed by atoms with Gasteiger partial charge < -0.3 is 0 Å². The van der Waals surface area contributed by atoms with Gasteiger partial charge >= 0.3 is 0 Å². The second-order valence-electron chi connectivity index (χ2n) is 3.26. The van der Waals surface area contributed by atoms with Gasteiger partial charge in [-0.2, -0.15) is 0 Å². The molecule has 1 heterocycles. The van der Waals surface area contributed by atoms with Crippen LogP contribution in [0.4, 0.5) is 5.69 Å². The Bertz CT molecular complexity index is 310. The SMILES string of the molecule is CCC(C)c1nccc(C)c1N=O. The molecule has 3 nitrogen and oxygen atoms in total. The summed E-state index contributed by atoms with van der Waals surface area (Å²) in [5.41, 5.74) is 2.23. The maximum Gasteiger partial charge on any atom is 0.132 e. The zero-order chi connectivity index (χ0) is 9.84. The van der Waals surface area contributed by atoms with Crippen LogP contribution in [0, 0.1) is 11.8 Å². The summed E-state index contributed by atoms with van der Waals surface area (Å²) in [4.78, 5) is 14.8. The topological polar surface area (TPSA) is 42.3 Å². The average molecular weight is 178 g/mol. The van der Waals surface area contributed by atoms with E-state index in [1.165, 1.54) is 0 Å². The summed E-state index contributed by atoms with van der Waals surface area (Å²) in [6.07, 6.45) is 2.70. The maximum atomic E-state index is 10.6. The van der Waals surface area contributed by atoms with Gasteiger partial charge in [0.25, 0.3) is 0 Å². The lowest BCUT2D eigenvalue weighted by atomic mass is 10.0. The van der Waals surface area contributed by atoms with Crippen LogP contribution in [0.2, 0.25) is 0 Å². The Morgan fingerprint density at radius 1 is 1.62 bits per heavy atom. The average Bonchev–Trinajstić information content (AvgIpc) is 2.16. The van der Waals surface area contributed by atoms with Gasteiger partial charge in [-0.3, -0.25) is 4.98 Å². The Morgan fingerprint density at radius 3 is 2.85 bits per heavy atom. The fourth-order valence-corrected chi connectivity index (χ4v) is 1.24. The number of pyridine rings is 1. The van der Waals surface area contributed by atoms with Crippen molar-refractivity contribution in [3.63, 3.8) is 0 Å². The monoisotopic (exact) mass is 178 g/mol. The van der Waals surface area contributed by atoms with Crippen molar-refractivity contribution in [1.82, 2.24) is 4.98 Å². The van der Waals surface area contributed by atoms with Gasteiger partial charge in [-0.05, 0) is 30.2 Å². The van der Waals surface area contributed by atoms with Crippen molar-refractivity contribution in [2.45, 2.75) is 33.1 Å². The standard InChI is InChI=1S/C10H14N2O/c1-4-7(2)9-10(12-13)8(3)5-6-11-9/h5-7H,4H2,1-3H3. The molecule has 0 bridgehead atoms. The van der Waals surface area contributed by atoms with Crippen LogP contribution in [0.1, 0.15) is 37.4 Å². The van der Waals surface area contributed by atoms with E-state index in [9.17, 15) is 4.91 Å². The number of hydrogen-bond acceptors (Lipinski definition) is 3. The predicted octanol–water partition coefficient (Wildman–Crippen LogP) is 3.30. The van der Waals surface area contributed by atoms with E-state index in [-0.39, 0.29) is 0 Å². The van der Waals surface area contributed by atoms with E-state index in [4.69, 9.17) is 0 Å². The van der Waals surface area contributed by atoms with Gasteiger partial charge in [-0.25, -0.2) is 0 Å². The lowest BCUT2D eigenvalue weighted by Gasteiger charge is -2.10. The molecule has 0 spiro atoms. The van der Waals surface area contributed by atoms with Gasteiger partial charge in [0.05, 0.1) is 5.69 Å². The highest BCUT2D eigenvalue weighted by atomic mass is 16.3. The predicted molar refractivity (Wildman–Crippen MR) is 53.1 cm³/mol. The number of nitrogens with zero attached hydrogens (tertiary/aromatic N) is 2. The summed E-state index contributed by atoms with van der Waals surface area (Å²) < 4.78 is 0. The van der Waals surface area contributed by atoms with Crippen molar-refractivity contribution in [2.24, 2.45) is 5.18 Å². The highest BCUT2D eigenvalue weighted by Gasteiger charge is 2.12. The van der Waals surface area contributed by atoms with Crippen molar-refractivity contribution < 1.29 is 0 Å². The molecule has 0 radical (unpaired) electrons. The van der Waals surface area contributed by atoms with Crippen LogP contribution < -0.4 is 0 Å². The van der Waals surface area contributed by atoms with Crippen molar-refractivity contribution in [3.8, 4) is 0 Å². The second-order valence-corrected chi connectivity index (χ2v) is 3.26. The van der Waals surface area contributed by atoms with E-state index in [0.717, 1.165) is 17.7 Å². The quantitative estimate of drug-likeness (QED) is 0.666. The van der Waals surface area contributed by atoms with Crippen molar-refractivity contribution >= 4 is 5.69 Å². The van der Waals surface area contributed by atoms with Crippen molar-refractivity contribution in [1.29, 1.82) is 0 Å². The first-order chi connectivity index (χ1) is 6.20. The first-order valence-electron chi connectivity index (χ1n) is 4.49. The number of aryl methyl sites for hydroxylation is 1. The summed E-state index contributed by atoms with van der Waals surface area (Å²) >= 11 is 0. The summed E-state index contributed by atoms with van der Waals surface area (Å²) in [5, 5.41) is 3.03. The highest BCUT2D eigenvalue weighted by molar-refractivity contribution is 5.49. The lowest BCUT2D eigenvalue weighted by Crippen LogP contribution is -1.96. The second kappa shape index (κ2) is 4.12. The zero-order valence-electron chi connectivity index (χ0n) is 8.24. The molecule has 1 aromatic heterocycles. The van der Waals surface area contributed by atoms with Crippen LogP contribution >= 0.6 is 0 Å². The minimum atomic E-state index is 0.299. The van der Waals surface area contributed by atoms with E-state index in [1.54, 1.807) is 6.20 Å². The summed E-state index contributed by atoms with van der Waals surface area (Å²) in [6.45, 7) is 6.00. The molecule has 0 aliphatic heterocycles. The smallest absolute Gasteiger partial charge is 0.132 e. The first-order valence-corrected chi connectivity index (χ1v) is 4.49. The number of rotatable bonds is 3. The molecule has 0 saturated heterocycles. The summed E-state index contributed by atoms with van der Waals surface area (Å²) in [6, 6.07) is 1.81. The molecule has 1 unspecified atom stereocenters. The van der Waals surface area contributed by atoms with Gasteiger partial charge in [0.2, 0.25) is 0 Å². The van der Waals surface area contributed by atoms with E-state index >= 15 is 0 Å². The lowest BCUT2D eigenvalue weighted by molar-refractivity contribution is 0.708. The van der Waals surface area contributed by atoms with Crippen LogP contribution in [-0.2, 0) is 0 Å². The fraction of sp³-hybridized carbons (Fsp3) is 0.500. The third kappa shape index (κ3) is 1.91. The van der Waals surface area contributed by atoms with Crippen LogP contribution in [-0.4, -0.2) is 4.98 Å². The van der Waals surface area contributed by atoms with E-state index in [0.29, 0.717) is 11.6 Å². The highest BCUT2D eigenvalue weighted by Crippen LogP contribution is 2.29. The third-order valence-electron chi connectivity index (χ3n) is 2.32. The fourth-order valence-electron chi connectivity index (χ4n) is 1.24. The largest absolute Gasteiger partial charge is 0.259 e. The molecule has 1 atom stereocenters. The maximum absolute atomic E-state index is 10.6. The van der Waals surface area contributed by atoms with Crippen molar-refractivity contribution in [3.05, 3.63) is 28.4 Å². The van der Waals surface area contributed by atoms with Gasteiger partial charge in [-0.1, -0.05) is 13.8 Å². The minimum absolute atomic E-state index is 0.299. The molecule has 13 heavy (non-hydrogen) atoms. The minimum Gasteiger partial charge on any atom is -0.259 e. The van der Waals surface area contributed by atoms with Gasteiger partial charge in [0.15, 0.2) is 0 Å². The van der Waals surface area contributed by atoms with Gasteiger partial charge in [0, 0.05) is 12.1 Å². The Hall–Kier alpha value is -1.25. The molecule has 70 valence electrons. The first kappa shape index (κ1) is 9.84. The van der Waals surface area contributed by atoms with Gasteiger partial charge in [0.1, 0.15) is 5.69 Å². The van der Waals surface area contributed by atoms with Crippen LogP contribution in [0.5, 0.6) is 0 Å². The molecule has 0 aromatic carbocycles. The molecular weight excluding hydrogens is 164 g/mol. The zero-order valence-corrected chi connectivity index (χ0v) is 8.24. The van der Waals surface area contributed by atoms with E-state index in [2.05, 4.69) is 24.0 Å². The Morgan fingerprint density at radius 2 is 2.31 bits per heavy atom. The summed E-state index contributed by atoms with van der Waals surface area (Å²) in [5.74, 6) is 0.299. The molecule has 0 aliphatic carbocycles. The number of aromatic nitrogens is 1. The normalized spacial score (nSPS) is 12.5. The molecule has 0 amide bonds. The van der Waals surface area contributed by atoms with Crippen LogP contribution in [0.25, 0.3) is 0 Å². The Labute approximate surface area is 78.2 Å². The van der Waals surface area contributed by atoms with Crippen molar-refractivity contribution in [2.75, 3.05) is 0 Å². The third-order valence-corrected chi connectivity index (χ3v) is 2.32. The van der Waals surface area contributed by atoms with Crippen LogP contribution in [0.15, 0.2) is 17.4 Å². The molecule has 1 rings (SSSR count). The molecular formula is C10H14N2O. The molecule has 3 heteroatoms. The van der Waals surface area contributed by atoms with Crippen LogP contribution in [0.3, 0.4) is 0 Å². The molecule has 0 N–H and O–H groups in total. The molecule has 0 aliphatic rings. The number of nitroso groups, excluding NO2 is 1.